The molecule has 0 aromatic rings. The Balaban J connectivity index is 1.72. The van der Waals surface area contributed by atoms with E-state index in [9.17, 15) is 0 Å². The third-order valence-electron chi connectivity index (χ3n) is 4.88. The van der Waals surface area contributed by atoms with Gasteiger partial charge < -0.3 is 10.2 Å². The van der Waals surface area contributed by atoms with E-state index in [2.05, 4.69) is 31.0 Å². The van der Waals surface area contributed by atoms with Crippen molar-refractivity contribution in [3.8, 4) is 0 Å². The van der Waals surface area contributed by atoms with Crippen LogP contribution in [-0.2, 0) is 0 Å². The highest BCUT2D eigenvalue weighted by molar-refractivity contribution is 4.87. The molecular weight excluding hydrogens is 220 g/mol. The highest BCUT2D eigenvalue weighted by Crippen LogP contribution is 2.27. The smallest absolute Gasteiger partial charge is 0.0244 e. The van der Waals surface area contributed by atoms with Crippen molar-refractivity contribution in [2.45, 2.75) is 65.3 Å². The van der Waals surface area contributed by atoms with Crippen LogP contribution in [0.25, 0.3) is 0 Å². The summed E-state index contributed by atoms with van der Waals surface area (Å²) in [5, 5.41) is 3.69. The Labute approximate surface area is 114 Å². The molecule has 1 aliphatic carbocycles. The average Bonchev–Trinajstić information content (AvgIpc) is 2.37. The first kappa shape index (κ1) is 14.3. The Morgan fingerprint density at radius 2 is 1.83 bits per heavy atom. The van der Waals surface area contributed by atoms with Crippen LogP contribution in [0.3, 0.4) is 0 Å². The van der Waals surface area contributed by atoms with Crippen LogP contribution in [0, 0.1) is 11.3 Å². The first-order valence-corrected chi connectivity index (χ1v) is 8.01. The van der Waals surface area contributed by atoms with Gasteiger partial charge in [-0.2, -0.15) is 0 Å². The predicted octanol–water partition coefficient (Wildman–Crippen LogP) is 3.28. The van der Waals surface area contributed by atoms with E-state index >= 15 is 0 Å². The Bertz CT molecular complexity index is 238. The third-order valence-corrected chi connectivity index (χ3v) is 4.88. The van der Waals surface area contributed by atoms with Crippen molar-refractivity contribution in [1.29, 1.82) is 0 Å². The number of hydrogen-bond donors (Lipinski definition) is 1. The van der Waals surface area contributed by atoms with Crippen molar-refractivity contribution in [3.05, 3.63) is 0 Å². The lowest BCUT2D eigenvalue weighted by Crippen LogP contribution is -2.56. The molecular formula is C16H32N2. The molecule has 0 bridgehead atoms. The van der Waals surface area contributed by atoms with Gasteiger partial charge in [0, 0.05) is 25.7 Å². The van der Waals surface area contributed by atoms with Crippen molar-refractivity contribution in [1.82, 2.24) is 10.2 Å². The molecule has 2 heteroatoms. The fourth-order valence-electron chi connectivity index (χ4n) is 3.44. The summed E-state index contributed by atoms with van der Waals surface area (Å²) in [4.78, 5) is 2.70. The molecule has 0 amide bonds. The van der Waals surface area contributed by atoms with Crippen molar-refractivity contribution in [2.75, 3.05) is 26.2 Å². The minimum absolute atomic E-state index is 0.392. The van der Waals surface area contributed by atoms with Crippen LogP contribution in [-0.4, -0.2) is 37.1 Å². The summed E-state index contributed by atoms with van der Waals surface area (Å²) in [6.45, 7) is 12.1. The second kappa shape index (κ2) is 6.38. The van der Waals surface area contributed by atoms with Gasteiger partial charge in [0.1, 0.15) is 0 Å². The highest BCUT2D eigenvalue weighted by Gasteiger charge is 2.29. The van der Waals surface area contributed by atoms with Crippen LogP contribution >= 0.6 is 0 Å². The molecule has 18 heavy (non-hydrogen) atoms. The molecule has 0 radical (unpaired) electrons. The van der Waals surface area contributed by atoms with Crippen LogP contribution in [0.4, 0.5) is 0 Å². The number of nitrogens with zero attached hydrogens (tertiary/aromatic N) is 1. The van der Waals surface area contributed by atoms with E-state index in [0.717, 1.165) is 5.92 Å². The van der Waals surface area contributed by atoms with Gasteiger partial charge in [0.25, 0.3) is 0 Å². The van der Waals surface area contributed by atoms with E-state index < -0.39 is 0 Å². The van der Waals surface area contributed by atoms with E-state index in [1.165, 1.54) is 64.7 Å². The highest BCUT2D eigenvalue weighted by atomic mass is 15.2. The number of piperazine rings is 1. The second-order valence-corrected chi connectivity index (χ2v) is 7.47. The summed E-state index contributed by atoms with van der Waals surface area (Å²) in [6.07, 6.45) is 8.88. The maximum absolute atomic E-state index is 3.69. The Kier molecular flexibility index (Phi) is 5.08. The van der Waals surface area contributed by atoms with Crippen molar-refractivity contribution >= 4 is 0 Å². The molecule has 2 rings (SSSR count). The van der Waals surface area contributed by atoms with Crippen LogP contribution < -0.4 is 5.32 Å². The third kappa shape index (κ3) is 4.24. The molecule has 1 unspecified atom stereocenters. The van der Waals surface area contributed by atoms with E-state index in [4.69, 9.17) is 0 Å². The fourth-order valence-corrected chi connectivity index (χ4v) is 3.44. The molecule has 0 spiro atoms. The van der Waals surface area contributed by atoms with Crippen LogP contribution in [0.15, 0.2) is 0 Å². The van der Waals surface area contributed by atoms with Gasteiger partial charge >= 0.3 is 0 Å². The Morgan fingerprint density at radius 1 is 1.11 bits per heavy atom. The van der Waals surface area contributed by atoms with Gasteiger partial charge in [0.05, 0.1) is 0 Å². The van der Waals surface area contributed by atoms with E-state index in [-0.39, 0.29) is 0 Å². The molecule has 1 N–H and O–H groups in total. The predicted molar refractivity (Wildman–Crippen MR) is 78.9 cm³/mol. The Hall–Kier alpha value is -0.0800. The molecule has 1 saturated heterocycles. The summed E-state index contributed by atoms with van der Waals surface area (Å²) < 4.78 is 0. The fraction of sp³-hybridized carbons (Fsp3) is 1.00. The largest absolute Gasteiger partial charge is 0.311 e. The van der Waals surface area contributed by atoms with Gasteiger partial charge in [0.2, 0.25) is 0 Å². The summed E-state index contributed by atoms with van der Waals surface area (Å²) in [5.41, 5.74) is 0.392. The van der Waals surface area contributed by atoms with Crippen molar-refractivity contribution < 1.29 is 0 Å². The van der Waals surface area contributed by atoms with Gasteiger partial charge in [-0.15, -0.1) is 0 Å². The number of hydrogen-bond acceptors (Lipinski definition) is 2. The second-order valence-electron chi connectivity index (χ2n) is 7.47. The first-order chi connectivity index (χ1) is 8.55. The minimum atomic E-state index is 0.392. The molecule has 1 atom stereocenters. The lowest BCUT2D eigenvalue weighted by Gasteiger charge is -2.41. The minimum Gasteiger partial charge on any atom is -0.311 e. The van der Waals surface area contributed by atoms with E-state index in [0.29, 0.717) is 11.5 Å². The van der Waals surface area contributed by atoms with Crippen LogP contribution in [0.2, 0.25) is 0 Å². The summed E-state index contributed by atoms with van der Waals surface area (Å²) in [5.74, 6) is 1.03. The normalized spacial score (nSPS) is 28.5. The molecule has 2 fully saturated rings. The first-order valence-electron chi connectivity index (χ1n) is 8.01. The number of rotatable bonds is 3. The molecule has 0 aromatic heterocycles. The van der Waals surface area contributed by atoms with Crippen molar-refractivity contribution in [3.63, 3.8) is 0 Å². The lowest BCUT2D eigenvalue weighted by atomic mass is 9.84. The van der Waals surface area contributed by atoms with Gasteiger partial charge in [-0.05, 0) is 24.3 Å². The zero-order valence-electron chi connectivity index (χ0n) is 12.7. The molecule has 2 nitrogen and oxygen atoms in total. The maximum atomic E-state index is 3.69. The molecule has 1 saturated carbocycles. The summed E-state index contributed by atoms with van der Waals surface area (Å²) in [7, 11) is 0. The SMILES string of the molecule is CC(C)(C)C1CN(CCC2CCCCC2)CCN1. The number of nitrogens with one attached hydrogen (secondary N) is 1. The maximum Gasteiger partial charge on any atom is 0.0244 e. The van der Waals surface area contributed by atoms with E-state index in [1.54, 1.807) is 0 Å². The summed E-state index contributed by atoms with van der Waals surface area (Å²) >= 11 is 0. The van der Waals surface area contributed by atoms with Crippen molar-refractivity contribution in [2.24, 2.45) is 11.3 Å². The molecule has 106 valence electrons. The van der Waals surface area contributed by atoms with Gasteiger partial charge in [0.15, 0.2) is 0 Å². The monoisotopic (exact) mass is 252 g/mol. The molecule has 1 aliphatic heterocycles. The quantitative estimate of drug-likeness (QED) is 0.829. The average molecular weight is 252 g/mol. The summed E-state index contributed by atoms with van der Waals surface area (Å²) in [6, 6.07) is 0.664. The topological polar surface area (TPSA) is 15.3 Å². The van der Waals surface area contributed by atoms with Crippen LogP contribution in [0.1, 0.15) is 59.3 Å². The molecule has 2 aliphatic rings. The van der Waals surface area contributed by atoms with E-state index in [1.807, 2.05) is 0 Å². The lowest BCUT2D eigenvalue weighted by molar-refractivity contribution is 0.125. The van der Waals surface area contributed by atoms with Gasteiger partial charge in [-0.3, -0.25) is 0 Å². The van der Waals surface area contributed by atoms with Gasteiger partial charge in [-0.25, -0.2) is 0 Å². The standard InChI is InChI=1S/C16H32N2/c1-16(2,3)15-13-18(12-10-17-15)11-9-14-7-5-4-6-8-14/h14-15,17H,4-13H2,1-3H3. The zero-order chi connectivity index (χ0) is 13.0. The zero-order valence-corrected chi connectivity index (χ0v) is 12.7. The van der Waals surface area contributed by atoms with Crippen LogP contribution in [0.5, 0.6) is 0 Å². The Morgan fingerprint density at radius 3 is 2.50 bits per heavy atom. The molecule has 1 heterocycles. The van der Waals surface area contributed by atoms with Gasteiger partial charge in [-0.1, -0.05) is 52.9 Å². The molecule has 0 aromatic carbocycles.